The molecule has 0 amide bonds. The summed E-state index contributed by atoms with van der Waals surface area (Å²) in [5.41, 5.74) is 0. The van der Waals surface area contributed by atoms with E-state index in [4.69, 9.17) is 18.5 Å². The first-order chi connectivity index (χ1) is 34.6. The summed E-state index contributed by atoms with van der Waals surface area (Å²) in [6, 6.07) is 0. The molecule has 0 rings (SSSR count). The van der Waals surface area contributed by atoms with Crippen molar-refractivity contribution in [3.63, 3.8) is 0 Å². The Morgan fingerprint density at radius 1 is 0.451 bits per heavy atom. The van der Waals surface area contributed by atoms with E-state index >= 15 is 0 Å². The zero-order chi connectivity index (χ0) is 51.9. The van der Waals surface area contributed by atoms with Crippen LogP contribution in [0.4, 0.5) is 0 Å². The van der Waals surface area contributed by atoms with Crippen molar-refractivity contribution < 1.29 is 37.3 Å². The summed E-state index contributed by atoms with van der Waals surface area (Å²) in [5, 5.41) is 0. The quantitative estimate of drug-likeness (QED) is 0.0213. The van der Waals surface area contributed by atoms with Crippen LogP contribution in [0.25, 0.3) is 0 Å². The van der Waals surface area contributed by atoms with Crippen LogP contribution in [0.2, 0.25) is 0 Å². The molecule has 0 saturated carbocycles. The molecule has 2 atom stereocenters. The van der Waals surface area contributed by atoms with E-state index in [1.54, 1.807) is 0 Å². The lowest BCUT2D eigenvalue weighted by Crippen LogP contribution is -2.37. The van der Waals surface area contributed by atoms with Gasteiger partial charge in [0.2, 0.25) is 0 Å². The van der Waals surface area contributed by atoms with Gasteiger partial charge in [0.05, 0.1) is 34.4 Å². The summed E-state index contributed by atoms with van der Waals surface area (Å²) in [5.74, 6) is -0.324. The number of carbonyl (C=O) groups excluding carboxylic acids is 1. The van der Waals surface area contributed by atoms with E-state index < -0.39 is 13.9 Å². The molecule has 9 heteroatoms. The van der Waals surface area contributed by atoms with Gasteiger partial charge < -0.3 is 18.9 Å². The molecular weight excluding hydrogens is 902 g/mol. The first-order valence-corrected chi connectivity index (χ1v) is 30.5. The number of quaternary nitrogens is 1. The fourth-order valence-electron chi connectivity index (χ4n) is 7.71. The molecule has 0 aromatic carbocycles. The molecule has 0 heterocycles. The van der Waals surface area contributed by atoms with E-state index in [-0.39, 0.29) is 25.8 Å². The number of carbonyl (C=O) groups is 1. The molecule has 71 heavy (non-hydrogen) atoms. The summed E-state index contributed by atoms with van der Waals surface area (Å²) in [4.78, 5) is 23.1. The minimum atomic E-state index is -4.30. The van der Waals surface area contributed by atoms with Crippen LogP contribution in [0, 0.1) is 0 Å². The maximum Gasteiger partial charge on any atom is 0.472 e. The van der Waals surface area contributed by atoms with Crippen LogP contribution in [0.15, 0.2) is 97.2 Å². The number of rotatable bonds is 53. The van der Waals surface area contributed by atoms with Gasteiger partial charge in [-0.25, -0.2) is 4.57 Å². The molecule has 0 aliphatic heterocycles. The number of unbranched alkanes of at least 4 members (excludes halogenated alkanes) is 23. The van der Waals surface area contributed by atoms with Crippen LogP contribution in [0.3, 0.4) is 0 Å². The Bertz CT molecular complexity index is 1460. The van der Waals surface area contributed by atoms with Crippen molar-refractivity contribution in [3.8, 4) is 0 Å². The van der Waals surface area contributed by atoms with E-state index in [0.717, 1.165) is 83.5 Å². The highest BCUT2D eigenvalue weighted by molar-refractivity contribution is 7.47. The number of likely N-dealkylation sites (N-methyl/N-ethyl adjacent to an activating group) is 1. The molecular formula is C62H111NO7P+. The number of hydrogen-bond acceptors (Lipinski definition) is 6. The number of hydrogen-bond donors (Lipinski definition) is 1. The Kier molecular flexibility index (Phi) is 51.8. The summed E-state index contributed by atoms with van der Waals surface area (Å²) in [6.07, 6.45) is 74.6. The zero-order valence-corrected chi connectivity index (χ0v) is 47.6. The third-order valence-electron chi connectivity index (χ3n) is 12.1. The molecule has 2 unspecified atom stereocenters. The van der Waals surface area contributed by atoms with Crippen LogP contribution in [0.1, 0.15) is 232 Å². The first-order valence-electron chi connectivity index (χ1n) is 29.0. The number of esters is 1. The minimum absolute atomic E-state index is 0.0813. The summed E-state index contributed by atoms with van der Waals surface area (Å²) in [6.45, 7) is 5.48. The van der Waals surface area contributed by atoms with Gasteiger partial charge in [-0.15, -0.1) is 0 Å². The Hall–Kier alpha value is -2.58. The average Bonchev–Trinajstić information content (AvgIpc) is 3.33. The standard InChI is InChI=1S/C62H110NO7P/c1-6-8-10-12-14-16-18-20-22-24-26-28-30-31-32-34-36-38-40-42-44-46-48-50-52-54-57-67-59-61(60-69-71(65,66)68-58-56-63(3,4)5)70-62(64)55-53-51-49-47-45-43-41-39-37-35-33-29-27-25-23-21-19-17-15-13-11-9-7-2/h8,10,14,16,19-22,25-28,31-33,35,61H,6-7,9,11-13,15,17-18,23-24,29-30,34,36-60H2,1-5H3/p+1/b10-8-,16-14-,21-19-,22-20-,27-25-,28-26-,32-31-,35-33-. The topological polar surface area (TPSA) is 91.3 Å². The second kappa shape index (κ2) is 53.7. The van der Waals surface area contributed by atoms with Crippen molar-refractivity contribution in [1.82, 2.24) is 0 Å². The lowest BCUT2D eigenvalue weighted by Gasteiger charge is -2.24. The molecule has 0 aromatic rings. The van der Waals surface area contributed by atoms with Gasteiger partial charge in [-0.3, -0.25) is 13.8 Å². The van der Waals surface area contributed by atoms with Crippen molar-refractivity contribution in [1.29, 1.82) is 0 Å². The molecule has 0 aliphatic carbocycles. The Balaban J connectivity index is 4.13. The molecule has 0 aromatic heterocycles. The Labute approximate surface area is 438 Å². The molecule has 0 spiro atoms. The largest absolute Gasteiger partial charge is 0.472 e. The molecule has 0 saturated heterocycles. The molecule has 410 valence electrons. The van der Waals surface area contributed by atoms with Gasteiger partial charge in [-0.1, -0.05) is 227 Å². The zero-order valence-electron chi connectivity index (χ0n) is 46.7. The highest BCUT2D eigenvalue weighted by atomic mass is 31.2. The van der Waals surface area contributed by atoms with Gasteiger partial charge in [0, 0.05) is 13.0 Å². The number of phosphoric acid groups is 1. The normalized spacial score (nSPS) is 14.2. The predicted molar refractivity (Wildman–Crippen MR) is 307 cm³/mol. The van der Waals surface area contributed by atoms with Gasteiger partial charge in [-0.2, -0.15) is 0 Å². The second-order valence-corrected chi connectivity index (χ2v) is 21.7. The van der Waals surface area contributed by atoms with Crippen LogP contribution in [-0.4, -0.2) is 75.6 Å². The molecule has 0 aliphatic rings. The van der Waals surface area contributed by atoms with E-state index in [0.29, 0.717) is 24.1 Å². The molecule has 0 radical (unpaired) electrons. The summed E-state index contributed by atoms with van der Waals surface area (Å²) < 4.78 is 35.3. The van der Waals surface area contributed by atoms with Crippen molar-refractivity contribution in [3.05, 3.63) is 97.2 Å². The van der Waals surface area contributed by atoms with Gasteiger partial charge in [0.15, 0.2) is 0 Å². The number of ether oxygens (including phenoxy) is 2. The van der Waals surface area contributed by atoms with Gasteiger partial charge >= 0.3 is 13.8 Å². The number of allylic oxidation sites excluding steroid dienone is 16. The van der Waals surface area contributed by atoms with Gasteiger partial charge in [0.25, 0.3) is 0 Å². The maximum absolute atomic E-state index is 12.8. The SMILES string of the molecule is CC/C=C\C/C=C\C/C=C\C/C=C\C/C=C\CCCCCCCCCCCCOCC(COP(=O)(O)OCC[N+](C)(C)C)OC(=O)CCCCCCCCCC/C=C\C/C=C\C/C=C\CCCCCCC. The van der Waals surface area contributed by atoms with Gasteiger partial charge in [-0.05, 0) is 96.3 Å². The number of phosphoric ester groups is 1. The highest BCUT2D eigenvalue weighted by Crippen LogP contribution is 2.43. The Morgan fingerprint density at radius 2 is 0.817 bits per heavy atom. The smallest absolute Gasteiger partial charge is 0.457 e. The predicted octanol–water partition coefficient (Wildman–Crippen LogP) is 18.5. The molecule has 8 nitrogen and oxygen atoms in total. The fourth-order valence-corrected chi connectivity index (χ4v) is 8.45. The van der Waals surface area contributed by atoms with Crippen molar-refractivity contribution >= 4 is 13.8 Å². The van der Waals surface area contributed by atoms with E-state index in [2.05, 4.69) is 111 Å². The Morgan fingerprint density at radius 3 is 1.23 bits per heavy atom. The van der Waals surface area contributed by atoms with Crippen LogP contribution in [-0.2, 0) is 27.9 Å². The third-order valence-corrected chi connectivity index (χ3v) is 13.1. The second-order valence-electron chi connectivity index (χ2n) is 20.3. The van der Waals surface area contributed by atoms with E-state index in [1.807, 2.05) is 21.1 Å². The average molecular weight is 1010 g/mol. The lowest BCUT2D eigenvalue weighted by atomic mass is 10.1. The van der Waals surface area contributed by atoms with E-state index in [9.17, 15) is 14.3 Å². The van der Waals surface area contributed by atoms with Crippen LogP contribution >= 0.6 is 7.82 Å². The third kappa shape index (κ3) is 58.2. The monoisotopic (exact) mass is 1010 g/mol. The summed E-state index contributed by atoms with van der Waals surface area (Å²) >= 11 is 0. The van der Waals surface area contributed by atoms with Crippen molar-refractivity contribution in [2.45, 2.75) is 238 Å². The molecule has 1 N–H and O–H groups in total. The van der Waals surface area contributed by atoms with Gasteiger partial charge in [0.1, 0.15) is 19.3 Å². The highest BCUT2D eigenvalue weighted by Gasteiger charge is 2.26. The lowest BCUT2D eigenvalue weighted by molar-refractivity contribution is -0.870. The van der Waals surface area contributed by atoms with Crippen LogP contribution in [0.5, 0.6) is 0 Å². The fraction of sp³-hybridized carbons (Fsp3) is 0.726. The first kappa shape index (κ1) is 68.4. The molecule has 0 fully saturated rings. The number of nitrogens with zero attached hydrogens (tertiary/aromatic N) is 1. The molecule has 0 bridgehead atoms. The summed E-state index contributed by atoms with van der Waals surface area (Å²) in [7, 11) is 1.65. The van der Waals surface area contributed by atoms with Crippen molar-refractivity contribution in [2.24, 2.45) is 0 Å². The maximum atomic E-state index is 12.8. The van der Waals surface area contributed by atoms with E-state index in [1.165, 1.54) is 128 Å². The van der Waals surface area contributed by atoms with Crippen LogP contribution < -0.4 is 0 Å². The minimum Gasteiger partial charge on any atom is -0.457 e. The van der Waals surface area contributed by atoms with Crippen molar-refractivity contribution in [2.75, 3.05) is 54.1 Å².